The highest BCUT2D eigenvalue weighted by Crippen LogP contribution is 2.16. The number of rotatable bonds is 10. The highest BCUT2D eigenvalue weighted by atomic mass is 16.5. The summed E-state index contributed by atoms with van der Waals surface area (Å²) in [5, 5.41) is 6.90. The molecule has 2 fully saturated rings. The van der Waals surface area contributed by atoms with Gasteiger partial charge in [0.15, 0.2) is 5.96 Å². The van der Waals surface area contributed by atoms with E-state index >= 15 is 0 Å². The molecule has 0 radical (unpaired) electrons. The second-order valence-electron chi connectivity index (χ2n) is 7.95. The van der Waals surface area contributed by atoms with Gasteiger partial charge in [-0.1, -0.05) is 19.1 Å². The summed E-state index contributed by atoms with van der Waals surface area (Å²) >= 11 is 0. The van der Waals surface area contributed by atoms with Crippen molar-refractivity contribution in [2.75, 3.05) is 65.6 Å². The first-order valence-electron chi connectivity index (χ1n) is 11.6. The number of hydrogen-bond donors (Lipinski definition) is 2. The second kappa shape index (κ2) is 12.8. The molecule has 2 heterocycles. The predicted octanol–water partition coefficient (Wildman–Crippen LogP) is 1.94. The Kier molecular flexibility index (Phi) is 9.73. The zero-order chi connectivity index (χ0) is 21.0. The van der Waals surface area contributed by atoms with Gasteiger partial charge < -0.3 is 20.1 Å². The van der Waals surface area contributed by atoms with Crippen LogP contribution in [0.1, 0.15) is 32.3 Å². The van der Waals surface area contributed by atoms with Gasteiger partial charge in [0.05, 0.1) is 19.8 Å². The van der Waals surface area contributed by atoms with E-state index in [4.69, 9.17) is 14.5 Å². The maximum Gasteiger partial charge on any atom is 0.191 e. The van der Waals surface area contributed by atoms with Crippen LogP contribution in [-0.4, -0.2) is 87.4 Å². The summed E-state index contributed by atoms with van der Waals surface area (Å²) in [7, 11) is 0. The van der Waals surface area contributed by atoms with E-state index in [9.17, 15) is 0 Å². The zero-order valence-corrected chi connectivity index (χ0v) is 18.7. The van der Waals surface area contributed by atoms with Crippen molar-refractivity contribution in [1.82, 2.24) is 20.4 Å². The van der Waals surface area contributed by atoms with E-state index in [0.717, 1.165) is 69.8 Å². The van der Waals surface area contributed by atoms with E-state index in [1.165, 1.54) is 19.4 Å². The van der Waals surface area contributed by atoms with E-state index in [-0.39, 0.29) is 0 Å². The maximum atomic E-state index is 5.98. The molecule has 7 nitrogen and oxygen atoms in total. The van der Waals surface area contributed by atoms with Crippen molar-refractivity contribution >= 4 is 5.96 Å². The van der Waals surface area contributed by atoms with Gasteiger partial charge in [-0.15, -0.1) is 0 Å². The minimum absolute atomic E-state index is 0.613. The molecule has 3 rings (SSSR count). The number of likely N-dealkylation sites (tertiary alicyclic amines) is 1. The van der Waals surface area contributed by atoms with E-state index in [0.29, 0.717) is 19.2 Å². The van der Waals surface area contributed by atoms with Gasteiger partial charge in [0.25, 0.3) is 0 Å². The summed E-state index contributed by atoms with van der Waals surface area (Å²) in [6.45, 7) is 14.4. The number of aliphatic imine (C=N–C) groups is 1. The molecule has 2 aliphatic rings. The minimum Gasteiger partial charge on any atom is -0.492 e. The van der Waals surface area contributed by atoms with Crippen LogP contribution in [0.15, 0.2) is 29.3 Å². The van der Waals surface area contributed by atoms with Crippen molar-refractivity contribution < 1.29 is 9.47 Å². The summed E-state index contributed by atoms with van der Waals surface area (Å²) in [5.74, 6) is 1.80. The summed E-state index contributed by atoms with van der Waals surface area (Å²) < 4.78 is 11.4. The molecule has 2 N–H and O–H groups in total. The summed E-state index contributed by atoms with van der Waals surface area (Å²) in [4.78, 5) is 9.72. The standard InChI is InChI=1S/C23H39N5O2/c1-3-24-23(26-19-21-8-6-10-28(21)4-2)25-18-20-7-5-9-22(17-20)30-16-13-27-11-14-29-15-12-27/h5,7,9,17,21H,3-4,6,8,10-16,18-19H2,1-2H3,(H2,24,25,26). The maximum absolute atomic E-state index is 5.98. The Morgan fingerprint density at radius 3 is 2.87 bits per heavy atom. The van der Waals surface area contributed by atoms with E-state index < -0.39 is 0 Å². The third-order valence-electron chi connectivity index (χ3n) is 5.85. The number of ether oxygens (including phenoxy) is 2. The van der Waals surface area contributed by atoms with Crippen LogP contribution in [0.3, 0.4) is 0 Å². The third kappa shape index (κ3) is 7.45. The van der Waals surface area contributed by atoms with E-state index in [1.807, 2.05) is 12.1 Å². The van der Waals surface area contributed by atoms with Gasteiger partial charge in [0.1, 0.15) is 12.4 Å². The lowest BCUT2D eigenvalue weighted by atomic mass is 10.2. The first kappa shape index (κ1) is 22.8. The Labute approximate surface area is 181 Å². The molecule has 0 aliphatic carbocycles. The van der Waals surface area contributed by atoms with Crippen LogP contribution >= 0.6 is 0 Å². The molecule has 2 saturated heterocycles. The van der Waals surface area contributed by atoms with E-state index in [1.54, 1.807) is 0 Å². The van der Waals surface area contributed by atoms with Gasteiger partial charge in [-0.3, -0.25) is 9.80 Å². The van der Waals surface area contributed by atoms with Crippen molar-refractivity contribution in [2.24, 2.45) is 4.99 Å². The topological polar surface area (TPSA) is 61.4 Å². The van der Waals surface area contributed by atoms with Crippen LogP contribution in [0.25, 0.3) is 0 Å². The molecule has 1 atom stereocenters. The van der Waals surface area contributed by atoms with Gasteiger partial charge in [-0.05, 0) is 50.6 Å². The lowest BCUT2D eigenvalue weighted by Crippen LogP contribution is -2.44. The molecule has 2 aliphatic heterocycles. The van der Waals surface area contributed by atoms with Crippen LogP contribution in [0.5, 0.6) is 5.75 Å². The third-order valence-corrected chi connectivity index (χ3v) is 5.85. The first-order valence-corrected chi connectivity index (χ1v) is 11.6. The average Bonchev–Trinajstić information content (AvgIpc) is 3.24. The molecule has 30 heavy (non-hydrogen) atoms. The van der Waals surface area contributed by atoms with Crippen LogP contribution < -0.4 is 15.4 Å². The fourth-order valence-electron chi connectivity index (χ4n) is 4.12. The Morgan fingerprint density at radius 2 is 2.07 bits per heavy atom. The van der Waals surface area contributed by atoms with Gasteiger partial charge in [0.2, 0.25) is 0 Å². The highest BCUT2D eigenvalue weighted by Gasteiger charge is 2.22. The van der Waals surface area contributed by atoms with Crippen molar-refractivity contribution in [3.05, 3.63) is 29.8 Å². The molecular weight excluding hydrogens is 378 g/mol. The number of nitrogens with one attached hydrogen (secondary N) is 2. The summed E-state index contributed by atoms with van der Waals surface area (Å²) in [5.41, 5.74) is 1.16. The van der Waals surface area contributed by atoms with Crippen molar-refractivity contribution in [2.45, 2.75) is 39.3 Å². The van der Waals surface area contributed by atoms with E-state index in [2.05, 4.69) is 46.4 Å². The number of guanidine groups is 1. The van der Waals surface area contributed by atoms with Gasteiger partial charge >= 0.3 is 0 Å². The van der Waals surface area contributed by atoms with Crippen molar-refractivity contribution in [3.63, 3.8) is 0 Å². The fraction of sp³-hybridized carbons (Fsp3) is 0.696. The van der Waals surface area contributed by atoms with Gasteiger partial charge in [0, 0.05) is 38.8 Å². The number of hydrogen-bond acceptors (Lipinski definition) is 5. The minimum atomic E-state index is 0.613. The molecule has 0 amide bonds. The van der Waals surface area contributed by atoms with Crippen LogP contribution in [0.4, 0.5) is 0 Å². The molecule has 7 heteroatoms. The molecule has 1 unspecified atom stereocenters. The average molecular weight is 418 g/mol. The Balaban J connectivity index is 1.46. The normalized spacial score (nSPS) is 21.0. The zero-order valence-electron chi connectivity index (χ0n) is 18.7. The monoisotopic (exact) mass is 417 g/mol. The molecule has 0 bridgehead atoms. The fourth-order valence-corrected chi connectivity index (χ4v) is 4.12. The number of morpholine rings is 1. The molecular formula is C23H39N5O2. The predicted molar refractivity (Wildman–Crippen MR) is 122 cm³/mol. The molecule has 0 saturated carbocycles. The molecule has 0 spiro atoms. The SMILES string of the molecule is CCNC(=NCc1cccc(OCCN2CCOCC2)c1)NCC1CCCN1CC. The smallest absolute Gasteiger partial charge is 0.191 e. The lowest BCUT2D eigenvalue weighted by molar-refractivity contribution is 0.0322. The molecule has 168 valence electrons. The number of nitrogens with zero attached hydrogens (tertiary/aromatic N) is 3. The Hall–Kier alpha value is -1.83. The van der Waals surface area contributed by atoms with Gasteiger partial charge in [-0.2, -0.15) is 0 Å². The van der Waals surface area contributed by atoms with Crippen molar-refractivity contribution in [3.8, 4) is 5.75 Å². The van der Waals surface area contributed by atoms with Crippen molar-refractivity contribution in [1.29, 1.82) is 0 Å². The highest BCUT2D eigenvalue weighted by molar-refractivity contribution is 5.79. The van der Waals surface area contributed by atoms with Crippen LogP contribution in [-0.2, 0) is 11.3 Å². The number of benzene rings is 1. The summed E-state index contributed by atoms with van der Waals surface area (Å²) in [6.07, 6.45) is 2.57. The largest absolute Gasteiger partial charge is 0.492 e. The molecule has 0 aromatic heterocycles. The molecule has 1 aromatic carbocycles. The lowest BCUT2D eigenvalue weighted by Gasteiger charge is -2.26. The molecule has 1 aromatic rings. The summed E-state index contributed by atoms with van der Waals surface area (Å²) in [6, 6.07) is 8.89. The quantitative estimate of drug-likeness (QED) is 0.448. The Bertz CT molecular complexity index is 648. The number of likely N-dealkylation sites (N-methyl/N-ethyl adjacent to an activating group) is 1. The second-order valence-corrected chi connectivity index (χ2v) is 7.95. The van der Waals surface area contributed by atoms with Gasteiger partial charge in [-0.25, -0.2) is 4.99 Å². The van der Waals surface area contributed by atoms with Crippen LogP contribution in [0.2, 0.25) is 0 Å². The Morgan fingerprint density at radius 1 is 1.20 bits per heavy atom. The van der Waals surface area contributed by atoms with Crippen LogP contribution in [0, 0.1) is 0 Å². The first-order chi connectivity index (χ1) is 14.8.